The molecule has 0 atom stereocenters. The number of hydrogen-bond donors (Lipinski definition) is 2. The highest BCUT2D eigenvalue weighted by atomic mass is 19.1. The molecule has 84 valence electrons. The summed E-state index contributed by atoms with van der Waals surface area (Å²) >= 11 is 0. The van der Waals surface area contributed by atoms with E-state index >= 15 is 0 Å². The molecule has 2 rings (SSSR count). The largest absolute Gasteiger partial charge is 0.380 e. The van der Waals surface area contributed by atoms with E-state index < -0.39 is 0 Å². The number of aromatic amines is 1. The molecule has 3 N–H and O–H groups in total. The Hall–Kier alpha value is -1.06. The van der Waals surface area contributed by atoms with Gasteiger partial charge in [-0.2, -0.15) is 5.10 Å². The van der Waals surface area contributed by atoms with Gasteiger partial charge in [-0.15, -0.1) is 0 Å². The molecule has 0 radical (unpaired) electrons. The number of nitrogens with two attached hydrogens (primary N) is 1. The van der Waals surface area contributed by atoms with E-state index in [1.54, 1.807) is 0 Å². The lowest BCUT2D eigenvalue weighted by atomic mass is 9.79. The second kappa shape index (κ2) is 4.21. The van der Waals surface area contributed by atoms with Gasteiger partial charge in [0.2, 0.25) is 0 Å². The molecule has 0 aromatic carbocycles. The minimum Gasteiger partial charge on any atom is -0.380 e. The molecule has 1 fully saturated rings. The number of H-pyrrole nitrogens is 1. The average Bonchev–Trinajstić information content (AvgIpc) is 2.60. The summed E-state index contributed by atoms with van der Waals surface area (Å²) in [5, 5.41) is 6.43. The van der Waals surface area contributed by atoms with Crippen LogP contribution >= 0.6 is 0 Å². The number of aromatic nitrogens is 2. The third-order valence-electron chi connectivity index (χ3n) is 3.59. The van der Waals surface area contributed by atoms with Crippen molar-refractivity contribution in [2.75, 3.05) is 5.73 Å². The molecule has 0 aliphatic heterocycles. The zero-order valence-corrected chi connectivity index (χ0v) is 9.09. The van der Waals surface area contributed by atoms with Crippen LogP contribution < -0.4 is 5.73 Å². The SMILES string of the molecule is CCC1CCC(c2[nH]nc(N)c2F)CC1. The van der Waals surface area contributed by atoms with Crippen LogP contribution in [0, 0.1) is 11.7 Å². The Morgan fingerprint density at radius 2 is 2.07 bits per heavy atom. The molecule has 0 saturated heterocycles. The van der Waals surface area contributed by atoms with Gasteiger partial charge in [-0.3, -0.25) is 5.10 Å². The van der Waals surface area contributed by atoms with Crippen LogP contribution in [0.15, 0.2) is 0 Å². The van der Waals surface area contributed by atoms with Crippen molar-refractivity contribution in [2.45, 2.75) is 44.9 Å². The second-order valence-corrected chi connectivity index (χ2v) is 4.46. The molecule has 1 aliphatic carbocycles. The number of rotatable bonds is 2. The van der Waals surface area contributed by atoms with E-state index in [4.69, 9.17) is 5.73 Å². The number of halogens is 1. The molecule has 3 nitrogen and oxygen atoms in total. The van der Waals surface area contributed by atoms with Crippen molar-refractivity contribution in [1.82, 2.24) is 10.2 Å². The highest BCUT2D eigenvalue weighted by molar-refractivity contribution is 5.33. The first-order valence-corrected chi connectivity index (χ1v) is 5.71. The molecule has 0 bridgehead atoms. The number of hydrogen-bond acceptors (Lipinski definition) is 2. The second-order valence-electron chi connectivity index (χ2n) is 4.46. The van der Waals surface area contributed by atoms with Crippen LogP contribution in [0.25, 0.3) is 0 Å². The summed E-state index contributed by atoms with van der Waals surface area (Å²) in [6.45, 7) is 2.22. The van der Waals surface area contributed by atoms with Gasteiger partial charge < -0.3 is 5.73 Å². The van der Waals surface area contributed by atoms with Crippen LogP contribution in [0.5, 0.6) is 0 Å². The van der Waals surface area contributed by atoms with Gasteiger partial charge in [0.05, 0.1) is 5.69 Å². The maximum atomic E-state index is 13.5. The molecular weight excluding hydrogens is 193 g/mol. The van der Waals surface area contributed by atoms with Gasteiger partial charge in [0.25, 0.3) is 0 Å². The molecule has 0 amide bonds. The van der Waals surface area contributed by atoms with Crippen molar-refractivity contribution >= 4 is 5.82 Å². The highest BCUT2D eigenvalue weighted by Gasteiger charge is 2.25. The van der Waals surface area contributed by atoms with Gasteiger partial charge in [0.15, 0.2) is 11.6 Å². The standard InChI is InChI=1S/C11H18FN3/c1-2-7-3-5-8(6-4-7)10-9(12)11(13)15-14-10/h7-8H,2-6H2,1H3,(H3,13,14,15). The van der Waals surface area contributed by atoms with E-state index in [0.29, 0.717) is 5.69 Å². The molecule has 1 aromatic heterocycles. The predicted molar refractivity (Wildman–Crippen MR) is 57.9 cm³/mol. The molecule has 1 aliphatic rings. The van der Waals surface area contributed by atoms with Gasteiger partial charge in [-0.1, -0.05) is 13.3 Å². The molecule has 4 heteroatoms. The monoisotopic (exact) mass is 211 g/mol. The fraction of sp³-hybridized carbons (Fsp3) is 0.727. The topological polar surface area (TPSA) is 54.7 Å². The lowest BCUT2D eigenvalue weighted by molar-refractivity contribution is 0.311. The van der Waals surface area contributed by atoms with Crippen molar-refractivity contribution in [1.29, 1.82) is 0 Å². The van der Waals surface area contributed by atoms with Crippen LogP contribution in [0.2, 0.25) is 0 Å². The summed E-state index contributed by atoms with van der Waals surface area (Å²) in [4.78, 5) is 0. The molecule has 0 spiro atoms. The van der Waals surface area contributed by atoms with E-state index in [9.17, 15) is 4.39 Å². The maximum absolute atomic E-state index is 13.5. The summed E-state index contributed by atoms with van der Waals surface area (Å²) in [6, 6.07) is 0. The summed E-state index contributed by atoms with van der Waals surface area (Å²) in [5.41, 5.74) is 6.00. The number of nitrogens with zero attached hydrogens (tertiary/aromatic N) is 1. The number of nitrogen functional groups attached to an aromatic ring is 1. The van der Waals surface area contributed by atoms with Crippen LogP contribution in [0.4, 0.5) is 10.2 Å². The Morgan fingerprint density at radius 3 is 2.53 bits per heavy atom. The van der Waals surface area contributed by atoms with E-state index in [1.165, 1.54) is 19.3 Å². The van der Waals surface area contributed by atoms with Crippen LogP contribution in [0.1, 0.15) is 50.6 Å². The highest BCUT2D eigenvalue weighted by Crippen LogP contribution is 2.37. The quantitative estimate of drug-likeness (QED) is 0.790. The van der Waals surface area contributed by atoms with Crippen LogP contribution in [-0.2, 0) is 0 Å². The smallest absolute Gasteiger partial charge is 0.188 e. The Balaban J connectivity index is 2.04. The summed E-state index contributed by atoms with van der Waals surface area (Å²) in [6.07, 6.45) is 5.73. The zero-order chi connectivity index (χ0) is 10.8. The molecule has 0 unspecified atom stereocenters. The molecule has 1 heterocycles. The lowest BCUT2D eigenvalue weighted by Gasteiger charge is -2.26. The van der Waals surface area contributed by atoms with E-state index in [2.05, 4.69) is 17.1 Å². The first-order valence-electron chi connectivity index (χ1n) is 5.71. The zero-order valence-electron chi connectivity index (χ0n) is 9.09. The van der Waals surface area contributed by atoms with Crippen LogP contribution in [0.3, 0.4) is 0 Å². The first kappa shape index (κ1) is 10.5. The Kier molecular flexibility index (Phi) is 2.93. The minimum atomic E-state index is -0.338. The Bertz CT molecular complexity index is 327. The van der Waals surface area contributed by atoms with Crippen molar-refractivity contribution in [3.05, 3.63) is 11.5 Å². The van der Waals surface area contributed by atoms with Gasteiger partial charge in [-0.05, 0) is 31.6 Å². The molecule has 1 saturated carbocycles. The lowest BCUT2D eigenvalue weighted by Crippen LogP contribution is -2.13. The molecular formula is C11H18FN3. The summed E-state index contributed by atoms with van der Waals surface area (Å²) in [7, 11) is 0. The normalized spacial score (nSPS) is 26.8. The van der Waals surface area contributed by atoms with Crippen molar-refractivity contribution in [3.8, 4) is 0 Å². The van der Waals surface area contributed by atoms with Crippen molar-refractivity contribution in [3.63, 3.8) is 0 Å². The third-order valence-corrected chi connectivity index (χ3v) is 3.59. The summed E-state index contributed by atoms with van der Waals surface area (Å²) < 4.78 is 13.5. The fourth-order valence-corrected chi connectivity index (χ4v) is 2.49. The van der Waals surface area contributed by atoms with E-state index in [0.717, 1.165) is 18.8 Å². The number of anilines is 1. The average molecular weight is 211 g/mol. The van der Waals surface area contributed by atoms with Crippen molar-refractivity contribution in [2.24, 2.45) is 5.92 Å². The van der Waals surface area contributed by atoms with Gasteiger partial charge >= 0.3 is 0 Å². The van der Waals surface area contributed by atoms with E-state index in [1.807, 2.05) is 0 Å². The van der Waals surface area contributed by atoms with Gasteiger partial charge in [0, 0.05) is 5.92 Å². The van der Waals surface area contributed by atoms with Crippen LogP contribution in [-0.4, -0.2) is 10.2 Å². The van der Waals surface area contributed by atoms with Gasteiger partial charge in [-0.25, -0.2) is 4.39 Å². The first-order chi connectivity index (χ1) is 7.22. The Labute approximate surface area is 89.2 Å². The summed E-state index contributed by atoms with van der Waals surface area (Å²) in [5.74, 6) is 0.778. The third kappa shape index (κ3) is 1.98. The Morgan fingerprint density at radius 1 is 1.40 bits per heavy atom. The molecule has 15 heavy (non-hydrogen) atoms. The van der Waals surface area contributed by atoms with Crippen molar-refractivity contribution < 1.29 is 4.39 Å². The number of nitrogens with one attached hydrogen (secondary N) is 1. The molecule has 1 aromatic rings. The maximum Gasteiger partial charge on any atom is 0.188 e. The fourth-order valence-electron chi connectivity index (χ4n) is 2.49. The minimum absolute atomic E-state index is 0.00242. The van der Waals surface area contributed by atoms with Gasteiger partial charge in [0.1, 0.15) is 0 Å². The van der Waals surface area contributed by atoms with E-state index in [-0.39, 0.29) is 17.6 Å². The predicted octanol–water partition coefficient (Wildman–Crippen LogP) is 2.81.